The maximum Gasteiger partial charge on any atom is 0.305 e. The lowest BCUT2D eigenvalue weighted by molar-refractivity contribution is -0.141. The number of methoxy groups -OCH3 is 1. The Morgan fingerprint density at radius 1 is 1.69 bits per heavy atom. The Morgan fingerprint density at radius 2 is 2.46 bits per heavy atom. The minimum atomic E-state index is -0.169. The molecule has 0 saturated carbocycles. The molecule has 1 aliphatic rings. The van der Waals surface area contributed by atoms with Crippen LogP contribution < -0.4 is 5.73 Å². The molecule has 0 aromatic heterocycles. The summed E-state index contributed by atoms with van der Waals surface area (Å²) < 4.78 is 9.84. The van der Waals surface area contributed by atoms with Gasteiger partial charge in [0.2, 0.25) is 0 Å². The van der Waals surface area contributed by atoms with Gasteiger partial charge >= 0.3 is 5.97 Å². The van der Waals surface area contributed by atoms with Crippen LogP contribution in [-0.4, -0.2) is 32.3 Å². The monoisotopic (exact) mass is 187 g/mol. The van der Waals surface area contributed by atoms with E-state index in [4.69, 9.17) is 10.5 Å². The molecule has 2 N–H and O–H groups in total. The van der Waals surface area contributed by atoms with Gasteiger partial charge in [-0.15, -0.1) is 0 Å². The number of ether oxygens (including phenoxy) is 2. The summed E-state index contributed by atoms with van der Waals surface area (Å²) in [6.45, 7) is 1.42. The van der Waals surface area contributed by atoms with Gasteiger partial charge < -0.3 is 15.2 Å². The van der Waals surface area contributed by atoms with Crippen LogP contribution in [-0.2, 0) is 14.3 Å². The lowest BCUT2D eigenvalue weighted by atomic mass is 9.92. The third-order valence-corrected chi connectivity index (χ3v) is 2.48. The van der Waals surface area contributed by atoms with E-state index >= 15 is 0 Å². The van der Waals surface area contributed by atoms with E-state index in [1.807, 2.05) is 0 Å². The van der Waals surface area contributed by atoms with E-state index < -0.39 is 0 Å². The smallest absolute Gasteiger partial charge is 0.305 e. The lowest BCUT2D eigenvalue weighted by Gasteiger charge is -2.28. The standard InChI is InChI=1S/C9H17NO3/c1-12-9(11)3-2-7-6-13-5-4-8(7)10/h7-8H,2-6,10H2,1H3/t7-,8-/m0/s1. The van der Waals surface area contributed by atoms with Gasteiger partial charge in [0.1, 0.15) is 0 Å². The van der Waals surface area contributed by atoms with Crippen LogP contribution in [0.4, 0.5) is 0 Å². The molecule has 0 spiro atoms. The van der Waals surface area contributed by atoms with Crippen molar-refractivity contribution in [2.45, 2.75) is 25.3 Å². The van der Waals surface area contributed by atoms with E-state index in [1.165, 1.54) is 7.11 Å². The average molecular weight is 187 g/mol. The molecule has 2 atom stereocenters. The first kappa shape index (κ1) is 10.5. The summed E-state index contributed by atoms with van der Waals surface area (Å²) in [4.78, 5) is 10.9. The molecule has 0 aromatic rings. The number of esters is 1. The molecular weight excluding hydrogens is 170 g/mol. The number of nitrogens with two attached hydrogens (primary N) is 1. The number of carbonyl (C=O) groups is 1. The van der Waals surface area contributed by atoms with Gasteiger partial charge in [-0.3, -0.25) is 4.79 Å². The van der Waals surface area contributed by atoms with E-state index in [0.717, 1.165) is 19.4 Å². The van der Waals surface area contributed by atoms with Gasteiger partial charge in [0, 0.05) is 19.1 Å². The van der Waals surface area contributed by atoms with Crippen molar-refractivity contribution in [1.29, 1.82) is 0 Å². The summed E-state index contributed by atoms with van der Waals surface area (Å²) >= 11 is 0. The van der Waals surface area contributed by atoms with Gasteiger partial charge in [-0.05, 0) is 18.8 Å². The minimum absolute atomic E-state index is 0.169. The van der Waals surface area contributed by atoms with Crippen molar-refractivity contribution >= 4 is 5.97 Å². The number of hydrogen-bond donors (Lipinski definition) is 1. The molecule has 0 radical (unpaired) electrons. The lowest BCUT2D eigenvalue weighted by Crippen LogP contribution is -2.38. The SMILES string of the molecule is COC(=O)CC[C@H]1COCC[C@@H]1N. The maximum absolute atomic E-state index is 10.9. The molecule has 4 nitrogen and oxygen atoms in total. The summed E-state index contributed by atoms with van der Waals surface area (Å²) in [6, 6.07) is 0.179. The predicted octanol–water partition coefficient (Wildman–Crippen LogP) is 0.303. The highest BCUT2D eigenvalue weighted by molar-refractivity contribution is 5.69. The summed E-state index contributed by atoms with van der Waals surface area (Å²) in [5.41, 5.74) is 5.87. The van der Waals surface area contributed by atoms with Crippen LogP contribution in [0.2, 0.25) is 0 Å². The Hall–Kier alpha value is -0.610. The molecule has 1 rings (SSSR count). The van der Waals surface area contributed by atoms with Gasteiger partial charge in [0.15, 0.2) is 0 Å². The minimum Gasteiger partial charge on any atom is -0.469 e. The molecule has 0 unspecified atom stereocenters. The number of rotatable bonds is 3. The van der Waals surface area contributed by atoms with Crippen LogP contribution >= 0.6 is 0 Å². The predicted molar refractivity (Wildman–Crippen MR) is 48.2 cm³/mol. The van der Waals surface area contributed by atoms with Crippen LogP contribution in [0.3, 0.4) is 0 Å². The molecule has 1 saturated heterocycles. The Labute approximate surface area is 78.4 Å². The fourth-order valence-electron chi connectivity index (χ4n) is 1.52. The van der Waals surface area contributed by atoms with Crippen LogP contribution in [0.1, 0.15) is 19.3 Å². The highest BCUT2D eigenvalue weighted by Gasteiger charge is 2.22. The molecule has 76 valence electrons. The van der Waals surface area contributed by atoms with E-state index in [9.17, 15) is 4.79 Å². The molecule has 0 aliphatic carbocycles. The fraction of sp³-hybridized carbons (Fsp3) is 0.889. The molecule has 0 aromatic carbocycles. The maximum atomic E-state index is 10.9. The van der Waals surface area contributed by atoms with Crippen molar-refractivity contribution in [3.05, 3.63) is 0 Å². The first-order chi connectivity index (χ1) is 6.24. The number of carbonyl (C=O) groups excluding carboxylic acids is 1. The van der Waals surface area contributed by atoms with Gasteiger partial charge in [-0.1, -0.05) is 0 Å². The zero-order valence-electron chi connectivity index (χ0n) is 7.99. The van der Waals surface area contributed by atoms with Crippen molar-refractivity contribution in [1.82, 2.24) is 0 Å². The van der Waals surface area contributed by atoms with Crippen LogP contribution in [0.25, 0.3) is 0 Å². The van der Waals surface area contributed by atoms with E-state index in [1.54, 1.807) is 0 Å². The van der Waals surface area contributed by atoms with Gasteiger partial charge in [-0.25, -0.2) is 0 Å². The van der Waals surface area contributed by atoms with Crippen molar-refractivity contribution in [2.24, 2.45) is 11.7 Å². The van der Waals surface area contributed by atoms with Crippen LogP contribution in [0.15, 0.2) is 0 Å². The molecule has 1 fully saturated rings. The van der Waals surface area contributed by atoms with Crippen molar-refractivity contribution in [3.63, 3.8) is 0 Å². The zero-order valence-corrected chi connectivity index (χ0v) is 7.99. The molecule has 1 heterocycles. The highest BCUT2D eigenvalue weighted by Crippen LogP contribution is 2.18. The van der Waals surface area contributed by atoms with Gasteiger partial charge in [-0.2, -0.15) is 0 Å². The summed E-state index contributed by atoms with van der Waals surface area (Å²) in [5.74, 6) is 0.144. The third kappa shape index (κ3) is 3.32. The summed E-state index contributed by atoms with van der Waals surface area (Å²) in [5, 5.41) is 0. The van der Waals surface area contributed by atoms with E-state index in [0.29, 0.717) is 18.9 Å². The fourth-order valence-corrected chi connectivity index (χ4v) is 1.52. The van der Waals surface area contributed by atoms with Crippen molar-refractivity contribution in [3.8, 4) is 0 Å². The molecule has 0 amide bonds. The Bertz CT molecular complexity index is 172. The van der Waals surface area contributed by atoms with Gasteiger partial charge in [0.05, 0.1) is 13.7 Å². The Balaban J connectivity index is 2.22. The van der Waals surface area contributed by atoms with Crippen LogP contribution in [0, 0.1) is 5.92 Å². The molecule has 13 heavy (non-hydrogen) atoms. The quantitative estimate of drug-likeness (QED) is 0.646. The Kier molecular flexibility index (Phi) is 4.18. The van der Waals surface area contributed by atoms with E-state index in [-0.39, 0.29) is 12.0 Å². The zero-order chi connectivity index (χ0) is 9.68. The average Bonchev–Trinajstić information content (AvgIpc) is 2.16. The van der Waals surface area contributed by atoms with Crippen molar-refractivity contribution < 1.29 is 14.3 Å². The third-order valence-electron chi connectivity index (χ3n) is 2.48. The molecule has 4 heteroatoms. The second-order valence-corrected chi connectivity index (χ2v) is 3.40. The van der Waals surface area contributed by atoms with Gasteiger partial charge in [0.25, 0.3) is 0 Å². The first-order valence-electron chi connectivity index (χ1n) is 4.64. The van der Waals surface area contributed by atoms with Crippen LogP contribution in [0.5, 0.6) is 0 Å². The first-order valence-corrected chi connectivity index (χ1v) is 4.64. The summed E-state index contributed by atoms with van der Waals surface area (Å²) in [6.07, 6.45) is 2.11. The normalized spacial score (nSPS) is 28.5. The second kappa shape index (κ2) is 5.19. The van der Waals surface area contributed by atoms with Crippen molar-refractivity contribution in [2.75, 3.05) is 20.3 Å². The molecular formula is C9H17NO3. The Morgan fingerprint density at radius 3 is 3.08 bits per heavy atom. The summed E-state index contributed by atoms with van der Waals surface area (Å²) in [7, 11) is 1.40. The number of hydrogen-bond acceptors (Lipinski definition) is 4. The largest absolute Gasteiger partial charge is 0.469 e. The highest BCUT2D eigenvalue weighted by atomic mass is 16.5. The topological polar surface area (TPSA) is 61.5 Å². The van der Waals surface area contributed by atoms with E-state index in [2.05, 4.69) is 4.74 Å². The second-order valence-electron chi connectivity index (χ2n) is 3.40. The molecule has 0 bridgehead atoms. The molecule has 1 aliphatic heterocycles.